The van der Waals surface area contributed by atoms with Crippen molar-refractivity contribution < 1.29 is 24.5 Å². The lowest BCUT2D eigenvalue weighted by Gasteiger charge is -2.32. The summed E-state index contributed by atoms with van der Waals surface area (Å²) in [6, 6.07) is 10.2. The van der Waals surface area contributed by atoms with E-state index < -0.39 is 18.1 Å². The first kappa shape index (κ1) is 18.4. The summed E-state index contributed by atoms with van der Waals surface area (Å²) in [5.74, 6) is -1.50. The van der Waals surface area contributed by atoms with E-state index in [1.807, 2.05) is 43.3 Å². The zero-order chi connectivity index (χ0) is 18.7. The lowest BCUT2D eigenvalue weighted by atomic mass is 10.00. The Morgan fingerprint density at radius 1 is 1.27 bits per heavy atom. The highest BCUT2D eigenvalue weighted by molar-refractivity contribution is 6.09. The minimum atomic E-state index is -1.15. The fraction of sp³-hybridized carbons (Fsp3) is 0.400. The van der Waals surface area contributed by atoms with Gasteiger partial charge in [0, 0.05) is 25.0 Å². The summed E-state index contributed by atoms with van der Waals surface area (Å²) in [6.45, 7) is 2.03. The van der Waals surface area contributed by atoms with E-state index in [2.05, 4.69) is 0 Å². The average molecular weight is 357 g/mol. The summed E-state index contributed by atoms with van der Waals surface area (Å²) in [6.07, 6.45) is 0.659. The van der Waals surface area contributed by atoms with Crippen molar-refractivity contribution in [1.82, 2.24) is 0 Å². The van der Waals surface area contributed by atoms with E-state index in [9.17, 15) is 19.8 Å². The Kier molecular flexibility index (Phi) is 5.54. The molecule has 0 aromatic heterocycles. The molecule has 2 atom stereocenters. The number of aryl methyl sites for hydroxylation is 1. The minimum absolute atomic E-state index is 0.0452. The summed E-state index contributed by atoms with van der Waals surface area (Å²) in [7, 11) is 0. The number of carbonyl (C=O) groups excluding carboxylic acids is 1. The van der Waals surface area contributed by atoms with Crippen LogP contribution in [-0.2, 0) is 14.3 Å². The van der Waals surface area contributed by atoms with Gasteiger partial charge in [0.2, 0.25) is 0 Å². The van der Waals surface area contributed by atoms with Gasteiger partial charge in [-0.3, -0.25) is 9.69 Å². The lowest BCUT2D eigenvalue weighted by molar-refractivity contribution is -0.141. The fourth-order valence-corrected chi connectivity index (χ4v) is 3.52. The number of carboxylic acid groups (broad SMARTS) is 1. The second-order valence-corrected chi connectivity index (χ2v) is 6.53. The van der Waals surface area contributed by atoms with Gasteiger partial charge in [-0.25, -0.2) is 4.79 Å². The Labute approximate surface area is 152 Å². The van der Waals surface area contributed by atoms with Crippen molar-refractivity contribution in [2.45, 2.75) is 38.3 Å². The summed E-state index contributed by atoms with van der Waals surface area (Å²) in [5.41, 5.74) is 1.38. The first-order chi connectivity index (χ1) is 12.5. The normalized spacial score (nSPS) is 18.0. The second kappa shape index (κ2) is 7.85. The summed E-state index contributed by atoms with van der Waals surface area (Å²) < 4.78 is 5.53. The van der Waals surface area contributed by atoms with Crippen LogP contribution in [0, 0.1) is 6.92 Å². The molecule has 138 valence electrons. The van der Waals surface area contributed by atoms with Gasteiger partial charge >= 0.3 is 5.97 Å². The molecule has 6 nitrogen and oxygen atoms in total. The van der Waals surface area contributed by atoms with Crippen molar-refractivity contribution >= 4 is 28.3 Å². The molecule has 0 aliphatic carbocycles. The number of rotatable bonds is 6. The van der Waals surface area contributed by atoms with Crippen molar-refractivity contribution in [2.75, 3.05) is 18.1 Å². The monoisotopic (exact) mass is 357 g/mol. The molecule has 0 spiro atoms. The molecule has 1 saturated heterocycles. The van der Waals surface area contributed by atoms with Crippen LogP contribution in [0.5, 0.6) is 0 Å². The molecule has 2 aromatic carbocycles. The van der Waals surface area contributed by atoms with Crippen LogP contribution in [0.2, 0.25) is 0 Å². The van der Waals surface area contributed by atoms with Crippen LogP contribution in [-0.4, -0.2) is 47.4 Å². The molecule has 2 aromatic rings. The standard InChI is InChI=1S/C20H23NO5/c1-13-8-9-14-5-2-3-6-15(14)18(13)21(16(10-11-22)20(24)25)19(23)17-7-4-12-26-17/h2-3,5-6,8-9,16-17,22H,4,7,10-12H2,1H3,(H,24,25)/t16-,17?/m0/s1. The Bertz CT molecular complexity index is 813. The number of ether oxygens (including phenoxy) is 1. The Morgan fingerprint density at radius 2 is 2.04 bits per heavy atom. The van der Waals surface area contributed by atoms with Crippen LogP contribution < -0.4 is 4.90 Å². The first-order valence-electron chi connectivity index (χ1n) is 8.81. The topological polar surface area (TPSA) is 87.1 Å². The molecule has 3 rings (SSSR count). The van der Waals surface area contributed by atoms with Crippen molar-refractivity contribution in [1.29, 1.82) is 0 Å². The number of aliphatic hydroxyl groups excluding tert-OH is 1. The van der Waals surface area contributed by atoms with E-state index in [1.54, 1.807) is 0 Å². The molecule has 6 heteroatoms. The Hall–Kier alpha value is -2.44. The van der Waals surface area contributed by atoms with Gasteiger partial charge in [0.15, 0.2) is 0 Å². The molecule has 0 radical (unpaired) electrons. The zero-order valence-electron chi connectivity index (χ0n) is 14.7. The second-order valence-electron chi connectivity index (χ2n) is 6.53. The highest BCUT2D eigenvalue weighted by Gasteiger charge is 2.37. The maximum Gasteiger partial charge on any atom is 0.326 e. The maximum absolute atomic E-state index is 13.2. The van der Waals surface area contributed by atoms with Crippen molar-refractivity contribution in [3.05, 3.63) is 42.0 Å². The van der Waals surface area contributed by atoms with E-state index >= 15 is 0 Å². The summed E-state index contributed by atoms with van der Waals surface area (Å²) >= 11 is 0. The smallest absolute Gasteiger partial charge is 0.326 e. The number of amides is 1. The number of hydrogen-bond acceptors (Lipinski definition) is 4. The van der Waals surface area contributed by atoms with Crippen LogP contribution in [0.4, 0.5) is 5.69 Å². The van der Waals surface area contributed by atoms with E-state index in [4.69, 9.17) is 4.74 Å². The third kappa shape index (κ3) is 3.43. The number of nitrogens with zero attached hydrogens (tertiary/aromatic N) is 1. The average Bonchev–Trinajstić information content (AvgIpc) is 3.17. The van der Waals surface area contributed by atoms with Crippen molar-refractivity contribution in [3.63, 3.8) is 0 Å². The summed E-state index contributed by atoms with van der Waals surface area (Å²) in [5, 5.41) is 20.9. The van der Waals surface area contributed by atoms with E-state index in [0.717, 1.165) is 22.8 Å². The summed E-state index contributed by atoms with van der Waals surface area (Å²) in [4.78, 5) is 26.5. The highest BCUT2D eigenvalue weighted by Crippen LogP contribution is 2.34. The highest BCUT2D eigenvalue weighted by atomic mass is 16.5. The number of aliphatic hydroxyl groups is 1. The van der Waals surface area contributed by atoms with Crippen LogP contribution in [0.25, 0.3) is 10.8 Å². The van der Waals surface area contributed by atoms with Gasteiger partial charge in [0.05, 0.1) is 5.69 Å². The predicted octanol–water partition coefficient (Wildman–Crippen LogP) is 2.50. The van der Waals surface area contributed by atoms with Crippen LogP contribution in [0.3, 0.4) is 0 Å². The lowest BCUT2D eigenvalue weighted by Crippen LogP contribution is -2.50. The van der Waals surface area contributed by atoms with Crippen LogP contribution in [0.1, 0.15) is 24.8 Å². The molecular formula is C20H23NO5. The number of carbonyl (C=O) groups is 2. The van der Waals surface area contributed by atoms with Gasteiger partial charge in [-0.1, -0.05) is 36.4 Å². The molecule has 1 fully saturated rings. The van der Waals surface area contributed by atoms with Crippen molar-refractivity contribution in [2.24, 2.45) is 0 Å². The number of hydrogen-bond donors (Lipinski definition) is 2. The Morgan fingerprint density at radius 3 is 2.69 bits per heavy atom. The van der Waals surface area contributed by atoms with E-state index in [-0.39, 0.29) is 18.9 Å². The molecule has 1 aliphatic heterocycles. The molecule has 0 saturated carbocycles. The predicted molar refractivity (Wildman–Crippen MR) is 98.3 cm³/mol. The van der Waals surface area contributed by atoms with Gasteiger partial charge in [-0.2, -0.15) is 0 Å². The number of anilines is 1. The SMILES string of the molecule is Cc1ccc2ccccc2c1N(C(=O)C1CCCO1)[C@@H](CCO)C(=O)O. The van der Waals surface area contributed by atoms with E-state index in [1.165, 1.54) is 4.90 Å². The van der Waals surface area contributed by atoms with Gasteiger partial charge in [0.25, 0.3) is 5.91 Å². The van der Waals surface area contributed by atoms with Crippen LogP contribution in [0.15, 0.2) is 36.4 Å². The molecule has 26 heavy (non-hydrogen) atoms. The van der Waals surface area contributed by atoms with Gasteiger partial charge < -0.3 is 14.9 Å². The third-order valence-electron chi connectivity index (χ3n) is 4.79. The van der Waals surface area contributed by atoms with Crippen molar-refractivity contribution in [3.8, 4) is 0 Å². The quantitative estimate of drug-likeness (QED) is 0.829. The zero-order valence-corrected chi connectivity index (χ0v) is 14.7. The van der Waals surface area contributed by atoms with Gasteiger partial charge in [-0.05, 0) is 30.7 Å². The molecule has 1 unspecified atom stereocenters. The molecule has 1 aliphatic rings. The number of benzene rings is 2. The minimum Gasteiger partial charge on any atom is -0.480 e. The molecule has 1 heterocycles. The van der Waals surface area contributed by atoms with Gasteiger partial charge in [-0.15, -0.1) is 0 Å². The van der Waals surface area contributed by atoms with E-state index in [0.29, 0.717) is 18.7 Å². The third-order valence-corrected chi connectivity index (χ3v) is 4.79. The number of carboxylic acids is 1. The fourth-order valence-electron chi connectivity index (χ4n) is 3.52. The number of aliphatic carboxylic acids is 1. The Balaban J connectivity index is 2.18. The van der Waals surface area contributed by atoms with Crippen LogP contribution >= 0.6 is 0 Å². The van der Waals surface area contributed by atoms with Gasteiger partial charge in [0.1, 0.15) is 12.1 Å². The maximum atomic E-state index is 13.2. The molecular weight excluding hydrogens is 334 g/mol. The molecule has 0 bridgehead atoms. The first-order valence-corrected chi connectivity index (χ1v) is 8.81. The largest absolute Gasteiger partial charge is 0.480 e. The molecule has 1 amide bonds. The molecule has 2 N–H and O–H groups in total. The number of fused-ring (bicyclic) bond motifs is 1.